The molecule has 0 aliphatic heterocycles. The smallest absolute Gasteiger partial charge is 0.220 e. The van der Waals surface area contributed by atoms with Gasteiger partial charge in [-0.25, -0.2) is 0 Å². The summed E-state index contributed by atoms with van der Waals surface area (Å²) in [6, 6.07) is 8.69. The highest BCUT2D eigenvalue weighted by atomic mass is 16.1. The molecule has 1 aliphatic rings. The van der Waals surface area contributed by atoms with Crippen molar-refractivity contribution in [1.82, 2.24) is 15.1 Å². The molecule has 23 heavy (non-hydrogen) atoms. The summed E-state index contributed by atoms with van der Waals surface area (Å²) in [6.45, 7) is 2.06. The van der Waals surface area contributed by atoms with Gasteiger partial charge in [0.1, 0.15) is 0 Å². The van der Waals surface area contributed by atoms with Crippen LogP contribution in [0.1, 0.15) is 54.6 Å². The van der Waals surface area contributed by atoms with Crippen LogP contribution in [0.25, 0.3) is 0 Å². The molecular weight excluding hydrogens is 286 g/mol. The summed E-state index contributed by atoms with van der Waals surface area (Å²) >= 11 is 0. The van der Waals surface area contributed by atoms with Crippen molar-refractivity contribution in [3.05, 3.63) is 52.8 Å². The number of rotatable bonds is 5. The van der Waals surface area contributed by atoms with Crippen LogP contribution in [-0.2, 0) is 31.1 Å². The Balaban J connectivity index is 1.57. The Kier molecular flexibility index (Phi) is 4.79. The molecule has 4 heteroatoms. The van der Waals surface area contributed by atoms with Crippen molar-refractivity contribution in [1.29, 1.82) is 0 Å². The van der Waals surface area contributed by atoms with Gasteiger partial charge in [-0.15, -0.1) is 0 Å². The van der Waals surface area contributed by atoms with Gasteiger partial charge in [0.05, 0.1) is 6.04 Å². The van der Waals surface area contributed by atoms with Gasteiger partial charge < -0.3 is 5.32 Å². The maximum Gasteiger partial charge on any atom is 0.220 e. The molecule has 1 atom stereocenters. The van der Waals surface area contributed by atoms with Crippen molar-refractivity contribution in [2.75, 3.05) is 0 Å². The molecule has 0 bridgehead atoms. The number of carbonyl (C=O) groups excluding carboxylic acids is 1. The Bertz CT molecular complexity index is 690. The lowest BCUT2D eigenvalue weighted by atomic mass is 9.89. The summed E-state index contributed by atoms with van der Waals surface area (Å²) in [5, 5.41) is 7.25. The summed E-state index contributed by atoms with van der Waals surface area (Å²) in [6.07, 6.45) is 7.93. The van der Waals surface area contributed by atoms with Gasteiger partial charge in [-0.05, 0) is 61.8 Å². The van der Waals surface area contributed by atoms with Crippen LogP contribution in [0.4, 0.5) is 0 Å². The van der Waals surface area contributed by atoms with Gasteiger partial charge in [0.15, 0.2) is 0 Å². The summed E-state index contributed by atoms with van der Waals surface area (Å²) in [7, 11) is 1.91. The van der Waals surface area contributed by atoms with Crippen LogP contribution in [0.3, 0.4) is 0 Å². The average molecular weight is 311 g/mol. The lowest BCUT2D eigenvalue weighted by Crippen LogP contribution is -2.27. The third-order valence-corrected chi connectivity index (χ3v) is 4.78. The van der Waals surface area contributed by atoms with E-state index in [9.17, 15) is 4.79 Å². The van der Waals surface area contributed by atoms with E-state index < -0.39 is 0 Å². The molecule has 0 spiro atoms. The zero-order valence-electron chi connectivity index (χ0n) is 14.0. The van der Waals surface area contributed by atoms with Crippen molar-refractivity contribution in [2.45, 2.75) is 51.5 Å². The molecule has 0 radical (unpaired) electrons. The van der Waals surface area contributed by atoms with Crippen molar-refractivity contribution in [2.24, 2.45) is 7.05 Å². The number of amides is 1. The first-order valence-corrected chi connectivity index (χ1v) is 8.51. The third-order valence-electron chi connectivity index (χ3n) is 4.78. The van der Waals surface area contributed by atoms with Crippen LogP contribution in [0.2, 0.25) is 0 Å². The first-order valence-electron chi connectivity index (χ1n) is 8.51. The zero-order chi connectivity index (χ0) is 16.2. The van der Waals surface area contributed by atoms with E-state index in [2.05, 4.69) is 35.5 Å². The zero-order valence-corrected chi connectivity index (χ0v) is 14.0. The summed E-state index contributed by atoms with van der Waals surface area (Å²) in [4.78, 5) is 12.2. The molecular formula is C19H25N3O. The number of nitrogens with zero attached hydrogens (tertiary/aromatic N) is 2. The largest absolute Gasteiger partial charge is 0.350 e. The van der Waals surface area contributed by atoms with E-state index in [4.69, 9.17) is 0 Å². The van der Waals surface area contributed by atoms with E-state index in [-0.39, 0.29) is 11.9 Å². The number of hydrogen-bond donors (Lipinski definition) is 1. The average Bonchev–Trinajstić information content (AvgIpc) is 2.97. The first kappa shape index (κ1) is 15.8. The molecule has 1 aromatic carbocycles. The number of benzene rings is 1. The second-order valence-electron chi connectivity index (χ2n) is 6.47. The predicted molar refractivity (Wildman–Crippen MR) is 91.2 cm³/mol. The minimum Gasteiger partial charge on any atom is -0.350 e. The topological polar surface area (TPSA) is 46.9 Å². The standard InChI is InChI=1S/C19H25N3O/c1-14(16-8-7-15-5-3-4-6-17(15)13-16)21-19(23)10-9-18-11-12-20-22(18)2/h7-8,11-14H,3-6,9-10H2,1-2H3,(H,21,23). The fourth-order valence-electron chi connectivity index (χ4n) is 3.31. The summed E-state index contributed by atoms with van der Waals surface area (Å²) in [5.41, 5.74) is 5.24. The van der Waals surface area contributed by atoms with E-state index in [1.165, 1.54) is 42.4 Å². The third kappa shape index (κ3) is 3.81. The molecule has 1 N–H and O–H groups in total. The molecule has 1 heterocycles. The minimum absolute atomic E-state index is 0.0567. The maximum absolute atomic E-state index is 12.2. The van der Waals surface area contributed by atoms with Gasteiger partial charge in [0, 0.05) is 25.4 Å². The van der Waals surface area contributed by atoms with Crippen LogP contribution in [-0.4, -0.2) is 15.7 Å². The van der Waals surface area contributed by atoms with Crippen molar-refractivity contribution < 1.29 is 4.79 Å². The lowest BCUT2D eigenvalue weighted by molar-refractivity contribution is -0.121. The van der Waals surface area contributed by atoms with Gasteiger partial charge >= 0.3 is 0 Å². The van der Waals surface area contributed by atoms with E-state index in [0.29, 0.717) is 6.42 Å². The number of carbonyl (C=O) groups is 1. The van der Waals surface area contributed by atoms with Gasteiger partial charge in [-0.2, -0.15) is 5.10 Å². The highest BCUT2D eigenvalue weighted by Crippen LogP contribution is 2.24. The molecule has 0 saturated carbocycles. The van der Waals surface area contributed by atoms with Crippen molar-refractivity contribution in [3.8, 4) is 0 Å². The first-order chi connectivity index (χ1) is 11.1. The van der Waals surface area contributed by atoms with E-state index in [0.717, 1.165) is 12.1 Å². The summed E-state index contributed by atoms with van der Waals surface area (Å²) < 4.78 is 1.82. The molecule has 0 saturated heterocycles. The van der Waals surface area contributed by atoms with Crippen LogP contribution < -0.4 is 5.32 Å². The summed E-state index contributed by atoms with van der Waals surface area (Å²) in [5.74, 6) is 0.0939. The lowest BCUT2D eigenvalue weighted by Gasteiger charge is -2.20. The molecule has 1 aromatic heterocycles. The number of nitrogens with one attached hydrogen (secondary N) is 1. The predicted octanol–water partition coefficient (Wildman–Crippen LogP) is 3.11. The Morgan fingerprint density at radius 2 is 2.04 bits per heavy atom. The normalized spacial score (nSPS) is 15.0. The Hall–Kier alpha value is -2.10. The van der Waals surface area contributed by atoms with E-state index in [1.807, 2.05) is 17.8 Å². The molecule has 1 amide bonds. The molecule has 1 aliphatic carbocycles. The fourth-order valence-corrected chi connectivity index (χ4v) is 3.31. The number of aryl methyl sites for hydroxylation is 4. The van der Waals surface area contributed by atoms with Crippen LogP contribution in [0.5, 0.6) is 0 Å². The highest BCUT2D eigenvalue weighted by Gasteiger charge is 2.14. The van der Waals surface area contributed by atoms with Crippen molar-refractivity contribution in [3.63, 3.8) is 0 Å². The second kappa shape index (κ2) is 6.99. The quantitative estimate of drug-likeness (QED) is 0.922. The Morgan fingerprint density at radius 3 is 2.78 bits per heavy atom. The number of hydrogen-bond acceptors (Lipinski definition) is 2. The molecule has 2 aromatic rings. The van der Waals surface area contributed by atoms with Crippen LogP contribution >= 0.6 is 0 Å². The molecule has 3 rings (SSSR count). The monoisotopic (exact) mass is 311 g/mol. The minimum atomic E-state index is 0.0567. The van der Waals surface area contributed by atoms with E-state index >= 15 is 0 Å². The Morgan fingerprint density at radius 1 is 1.26 bits per heavy atom. The van der Waals surface area contributed by atoms with Gasteiger partial charge in [0.25, 0.3) is 0 Å². The van der Waals surface area contributed by atoms with Gasteiger partial charge in [-0.1, -0.05) is 18.2 Å². The molecule has 1 unspecified atom stereocenters. The van der Waals surface area contributed by atoms with Gasteiger partial charge in [0.2, 0.25) is 5.91 Å². The van der Waals surface area contributed by atoms with Crippen LogP contribution in [0.15, 0.2) is 30.5 Å². The number of fused-ring (bicyclic) bond motifs is 1. The molecule has 4 nitrogen and oxygen atoms in total. The maximum atomic E-state index is 12.2. The second-order valence-corrected chi connectivity index (χ2v) is 6.47. The molecule has 0 fully saturated rings. The van der Waals surface area contributed by atoms with E-state index in [1.54, 1.807) is 6.20 Å². The Labute approximate surface area is 137 Å². The molecule has 122 valence electrons. The fraction of sp³-hybridized carbons (Fsp3) is 0.474. The highest BCUT2D eigenvalue weighted by molar-refractivity contribution is 5.76. The van der Waals surface area contributed by atoms with Crippen molar-refractivity contribution >= 4 is 5.91 Å². The SMILES string of the molecule is CC(NC(=O)CCc1ccnn1C)c1ccc2c(c1)CCCC2. The van der Waals surface area contributed by atoms with Gasteiger partial charge in [-0.3, -0.25) is 9.48 Å². The van der Waals surface area contributed by atoms with Crippen LogP contribution in [0, 0.1) is 0 Å². The number of aromatic nitrogens is 2.